The fraction of sp³-hybridized carbons (Fsp3) is 0.533. The van der Waals surface area contributed by atoms with E-state index in [9.17, 15) is 39.6 Å². The highest BCUT2D eigenvalue weighted by atomic mass is 16.3. The summed E-state index contributed by atoms with van der Waals surface area (Å²) in [7, 11) is 6.67. The Hall–Kier alpha value is -3.94. The van der Waals surface area contributed by atoms with Crippen LogP contribution in [-0.2, 0) is 20.8 Å². The molecule has 3 unspecified atom stereocenters. The summed E-state index contributed by atoms with van der Waals surface area (Å²) in [6.45, 7) is 3.33. The number of ketones is 2. The number of carbonyl (C=O) groups excluding carboxylic acids is 4. The molecular weight excluding hydrogens is 558 g/mol. The lowest BCUT2D eigenvalue weighted by molar-refractivity contribution is -0.148. The van der Waals surface area contributed by atoms with E-state index in [1.807, 2.05) is 4.90 Å². The second-order valence-electron chi connectivity index (χ2n) is 12.4. The van der Waals surface area contributed by atoms with Crippen molar-refractivity contribution in [1.82, 2.24) is 9.80 Å². The Morgan fingerprint density at radius 3 is 2.30 bits per heavy atom. The summed E-state index contributed by atoms with van der Waals surface area (Å²) in [5.41, 5.74) is 2.46. The second kappa shape index (κ2) is 10.6. The maximum atomic E-state index is 14.2. The van der Waals surface area contributed by atoms with Crippen LogP contribution in [0.5, 0.6) is 5.75 Å². The molecule has 232 valence electrons. The summed E-state index contributed by atoms with van der Waals surface area (Å²) in [6.07, 6.45) is 2.11. The van der Waals surface area contributed by atoms with Gasteiger partial charge in [0.15, 0.2) is 17.1 Å². The molecule has 1 fully saturated rings. The number of benzene rings is 1. The summed E-state index contributed by atoms with van der Waals surface area (Å²) in [4.78, 5) is 58.3. The number of phenolic OH excluding ortho intramolecular Hbond substituents is 1. The van der Waals surface area contributed by atoms with Crippen LogP contribution in [-0.4, -0.2) is 113 Å². The lowest BCUT2D eigenvalue weighted by atomic mass is 9.58. The highest BCUT2D eigenvalue weighted by molar-refractivity contribution is 6.25. The summed E-state index contributed by atoms with van der Waals surface area (Å²) >= 11 is 0. The number of nitrogens with one attached hydrogen (secondary N) is 1. The number of carbonyl (C=O) groups is 4. The van der Waals surface area contributed by atoms with Crippen LogP contribution in [0.2, 0.25) is 0 Å². The van der Waals surface area contributed by atoms with E-state index in [4.69, 9.17) is 5.73 Å². The number of aliphatic hydroxyl groups is 3. The zero-order valence-corrected chi connectivity index (χ0v) is 25.0. The van der Waals surface area contributed by atoms with Crippen LogP contribution in [0.1, 0.15) is 42.1 Å². The number of hydrogen-bond donors (Lipinski definition) is 6. The first-order valence-electron chi connectivity index (χ1n) is 14.4. The van der Waals surface area contributed by atoms with Gasteiger partial charge in [-0.2, -0.15) is 0 Å². The van der Waals surface area contributed by atoms with Crippen molar-refractivity contribution in [1.29, 1.82) is 0 Å². The lowest BCUT2D eigenvalue weighted by Crippen LogP contribution is -2.63. The fourth-order valence-corrected chi connectivity index (χ4v) is 7.33. The van der Waals surface area contributed by atoms with E-state index < -0.39 is 69.8 Å². The van der Waals surface area contributed by atoms with E-state index in [0.29, 0.717) is 11.3 Å². The molecule has 13 heteroatoms. The molecule has 2 amide bonds. The van der Waals surface area contributed by atoms with Gasteiger partial charge >= 0.3 is 0 Å². The van der Waals surface area contributed by atoms with Crippen LogP contribution in [0, 0.1) is 11.8 Å². The normalized spacial score (nSPS) is 28.0. The monoisotopic (exact) mass is 597 g/mol. The van der Waals surface area contributed by atoms with E-state index in [1.165, 1.54) is 4.90 Å². The molecule has 1 heterocycles. The van der Waals surface area contributed by atoms with E-state index >= 15 is 0 Å². The summed E-state index contributed by atoms with van der Waals surface area (Å²) in [6, 6.07) is 0.0647. The van der Waals surface area contributed by atoms with E-state index in [2.05, 4.69) is 5.32 Å². The molecule has 7 N–H and O–H groups in total. The smallest absolute Gasteiger partial charge is 0.255 e. The average Bonchev–Trinajstić information content (AvgIpc) is 3.46. The predicted molar refractivity (Wildman–Crippen MR) is 157 cm³/mol. The molecule has 0 spiro atoms. The van der Waals surface area contributed by atoms with Gasteiger partial charge in [-0.3, -0.25) is 29.0 Å². The zero-order chi connectivity index (χ0) is 31.7. The number of anilines is 2. The first-order chi connectivity index (χ1) is 20.1. The van der Waals surface area contributed by atoms with Gasteiger partial charge in [0.1, 0.15) is 17.1 Å². The minimum atomic E-state index is -2.72. The van der Waals surface area contributed by atoms with E-state index in [1.54, 1.807) is 46.1 Å². The summed E-state index contributed by atoms with van der Waals surface area (Å²) in [5.74, 6) is -7.59. The van der Waals surface area contributed by atoms with E-state index in [-0.39, 0.29) is 35.6 Å². The SMILES string of the molecule is CC(C(=O)Nc1cc(N(C)C)c2c(c1O)C(=O)C1=C(O)[C@]3(O)C(=O)C(C(N)=O)=C(O)[C@@H](N(C)C)C3CC1C2)N1CCCC1. The largest absolute Gasteiger partial charge is 0.510 e. The third-order valence-corrected chi connectivity index (χ3v) is 9.51. The number of hydrogen-bond acceptors (Lipinski definition) is 11. The van der Waals surface area contributed by atoms with Crippen molar-refractivity contribution in [3.63, 3.8) is 0 Å². The Morgan fingerprint density at radius 2 is 1.74 bits per heavy atom. The van der Waals surface area contributed by atoms with Crippen LogP contribution in [0.4, 0.5) is 11.4 Å². The molecule has 1 saturated heterocycles. The first kappa shape index (κ1) is 30.5. The molecule has 4 aliphatic rings. The molecule has 0 bridgehead atoms. The third kappa shape index (κ3) is 4.48. The van der Waals surface area contributed by atoms with Gasteiger partial charge in [0, 0.05) is 31.3 Å². The van der Waals surface area contributed by atoms with Crippen molar-refractivity contribution in [2.75, 3.05) is 51.5 Å². The number of phenols is 1. The van der Waals surface area contributed by atoms with Crippen LogP contribution in [0.3, 0.4) is 0 Å². The van der Waals surface area contributed by atoms with Gasteiger partial charge in [0.05, 0.1) is 23.3 Å². The number of fused-ring (bicyclic) bond motifs is 3. The Bertz CT molecular complexity index is 1490. The molecule has 1 aromatic rings. The molecule has 13 nitrogen and oxygen atoms in total. The molecule has 0 aromatic heterocycles. The number of nitrogens with two attached hydrogens (primary N) is 1. The quantitative estimate of drug-likeness (QED) is 0.198. The predicted octanol–water partition coefficient (Wildman–Crippen LogP) is 0.609. The maximum Gasteiger partial charge on any atom is 0.255 e. The van der Waals surface area contributed by atoms with Crippen molar-refractivity contribution < 1.29 is 39.6 Å². The molecule has 0 radical (unpaired) electrons. The highest BCUT2D eigenvalue weighted by Crippen LogP contribution is 2.54. The average molecular weight is 598 g/mol. The maximum absolute atomic E-state index is 14.2. The molecular formula is C30H39N5O8. The number of primary amides is 1. The lowest BCUT2D eigenvalue weighted by Gasteiger charge is -2.50. The van der Waals surface area contributed by atoms with Gasteiger partial charge in [-0.05, 0) is 77.3 Å². The molecule has 5 atom stereocenters. The van der Waals surface area contributed by atoms with Gasteiger partial charge in [-0.1, -0.05) is 0 Å². The summed E-state index contributed by atoms with van der Waals surface area (Å²) in [5, 5.41) is 48.4. The van der Waals surface area contributed by atoms with Gasteiger partial charge in [0.2, 0.25) is 11.7 Å². The van der Waals surface area contributed by atoms with Crippen molar-refractivity contribution in [3.8, 4) is 5.75 Å². The van der Waals surface area contributed by atoms with Gasteiger partial charge in [0.25, 0.3) is 5.91 Å². The number of nitrogens with zero attached hydrogens (tertiary/aromatic N) is 3. The standard InChI is InChI=1S/C30H39N5O8/c1-13(35-8-6-7-9-35)29(42)32-17-12-18(33(2)3)15-10-14-11-16-22(34(4)5)25(38)21(28(31)41)27(40)30(16,43)26(39)19(14)24(37)20(15)23(17)36/h12-14,16,22,36,38-39,43H,6-11H2,1-5H3,(H2,31,41)(H,32,42)/t13?,14?,16?,22-,30-/m0/s1. The second-order valence-corrected chi connectivity index (χ2v) is 12.4. The molecule has 1 aliphatic heterocycles. The third-order valence-electron chi connectivity index (χ3n) is 9.51. The number of likely N-dealkylation sites (tertiary alicyclic amines) is 1. The molecule has 0 saturated carbocycles. The van der Waals surface area contributed by atoms with Crippen molar-refractivity contribution in [3.05, 3.63) is 39.9 Å². The summed E-state index contributed by atoms with van der Waals surface area (Å²) < 4.78 is 0. The number of likely N-dealkylation sites (N-methyl/N-ethyl adjacent to an activating group) is 1. The number of aliphatic hydroxyl groups excluding tert-OH is 2. The van der Waals surface area contributed by atoms with Crippen LogP contribution < -0.4 is 16.0 Å². The van der Waals surface area contributed by atoms with Crippen molar-refractivity contribution >= 4 is 34.8 Å². The number of amides is 2. The first-order valence-corrected chi connectivity index (χ1v) is 14.4. The number of Topliss-reactive ketones (excluding diaryl/α,β-unsaturated/α-hetero) is 2. The minimum absolute atomic E-state index is 0.00870. The van der Waals surface area contributed by atoms with Crippen LogP contribution >= 0.6 is 0 Å². The van der Waals surface area contributed by atoms with Crippen LogP contribution in [0.25, 0.3) is 0 Å². The topological polar surface area (TPSA) is 197 Å². The van der Waals surface area contributed by atoms with Gasteiger partial charge < -0.3 is 36.4 Å². The molecule has 5 rings (SSSR count). The molecule has 3 aliphatic carbocycles. The minimum Gasteiger partial charge on any atom is -0.510 e. The van der Waals surface area contributed by atoms with Gasteiger partial charge in [-0.15, -0.1) is 0 Å². The Morgan fingerprint density at radius 1 is 1.12 bits per heavy atom. The Kier molecular flexibility index (Phi) is 7.56. The van der Waals surface area contributed by atoms with Crippen molar-refractivity contribution in [2.24, 2.45) is 17.6 Å². The van der Waals surface area contributed by atoms with Crippen LogP contribution in [0.15, 0.2) is 28.7 Å². The molecule has 1 aromatic carbocycles. The number of aromatic hydroxyl groups is 1. The highest BCUT2D eigenvalue weighted by Gasteiger charge is 2.63. The Balaban J connectivity index is 1.63. The van der Waals surface area contributed by atoms with E-state index in [0.717, 1.165) is 25.9 Å². The number of allylic oxidation sites excluding steroid dienone is 1. The van der Waals surface area contributed by atoms with Gasteiger partial charge in [-0.25, -0.2) is 0 Å². The molecule has 43 heavy (non-hydrogen) atoms. The number of rotatable bonds is 6. The zero-order valence-electron chi connectivity index (χ0n) is 25.0. The fourth-order valence-electron chi connectivity index (χ4n) is 7.33. The van der Waals surface area contributed by atoms with Crippen molar-refractivity contribution in [2.45, 2.75) is 50.3 Å². The Labute approximate surface area is 249 Å².